The van der Waals surface area contributed by atoms with Crippen molar-refractivity contribution in [3.05, 3.63) is 34.9 Å². The van der Waals surface area contributed by atoms with Crippen LogP contribution in [0.4, 0.5) is 0 Å². The predicted octanol–water partition coefficient (Wildman–Crippen LogP) is 1.78. The third-order valence-corrected chi connectivity index (χ3v) is 3.14. The number of nitrogens with one attached hydrogen (secondary N) is 2. The van der Waals surface area contributed by atoms with Gasteiger partial charge in [0.25, 0.3) is 5.91 Å². The van der Waals surface area contributed by atoms with Gasteiger partial charge < -0.3 is 5.32 Å². The highest BCUT2D eigenvalue weighted by Gasteiger charge is 2.19. The Hall–Kier alpha value is -1.88. The Bertz CT molecular complexity index is 525. The van der Waals surface area contributed by atoms with Gasteiger partial charge in [-0.1, -0.05) is 23.7 Å². The van der Waals surface area contributed by atoms with E-state index in [1.165, 1.54) is 0 Å². The zero-order valence-corrected chi connectivity index (χ0v) is 11.2. The van der Waals surface area contributed by atoms with Gasteiger partial charge >= 0.3 is 0 Å². The molecule has 1 aromatic rings. The molecule has 0 saturated carbocycles. The summed E-state index contributed by atoms with van der Waals surface area (Å²) in [6.45, 7) is 1.88. The van der Waals surface area contributed by atoms with E-state index in [1.807, 2.05) is 19.1 Å². The maximum atomic E-state index is 11.9. The van der Waals surface area contributed by atoms with Gasteiger partial charge in [-0.25, -0.2) is 5.43 Å². The molecule has 1 aliphatic rings. The summed E-state index contributed by atoms with van der Waals surface area (Å²) in [6.07, 6.45) is 0.659. The summed E-state index contributed by atoms with van der Waals surface area (Å²) in [4.78, 5) is 22.9. The molecule has 0 aliphatic carbocycles. The molecule has 2 N–H and O–H groups in total. The van der Waals surface area contributed by atoms with Crippen LogP contribution in [0.25, 0.3) is 0 Å². The zero-order chi connectivity index (χ0) is 13.8. The fourth-order valence-corrected chi connectivity index (χ4v) is 1.88. The van der Waals surface area contributed by atoms with Crippen molar-refractivity contribution >= 4 is 29.1 Å². The number of hydrogen-bond acceptors (Lipinski definition) is 3. The number of halogens is 1. The van der Waals surface area contributed by atoms with Gasteiger partial charge in [-0.05, 0) is 24.6 Å². The molecule has 6 heteroatoms. The minimum Gasteiger partial charge on any atom is -0.344 e. The van der Waals surface area contributed by atoms with Crippen molar-refractivity contribution in [1.82, 2.24) is 10.7 Å². The van der Waals surface area contributed by atoms with Crippen molar-refractivity contribution in [1.29, 1.82) is 0 Å². The van der Waals surface area contributed by atoms with Gasteiger partial charge in [-0.15, -0.1) is 0 Å². The van der Waals surface area contributed by atoms with E-state index >= 15 is 0 Å². The number of carbonyl (C=O) groups is 2. The maximum Gasteiger partial charge on any atom is 0.267 e. The van der Waals surface area contributed by atoms with Crippen molar-refractivity contribution in [3.63, 3.8) is 0 Å². The molecular formula is C13H14ClN3O2. The second-order valence-electron chi connectivity index (χ2n) is 4.34. The highest BCUT2D eigenvalue weighted by atomic mass is 35.5. The molecule has 19 heavy (non-hydrogen) atoms. The summed E-state index contributed by atoms with van der Waals surface area (Å²) in [5, 5.41) is 7.25. The van der Waals surface area contributed by atoms with Gasteiger partial charge in [-0.2, -0.15) is 5.10 Å². The number of hydrazone groups is 1. The Morgan fingerprint density at radius 1 is 1.37 bits per heavy atom. The Labute approximate surface area is 116 Å². The van der Waals surface area contributed by atoms with E-state index in [0.29, 0.717) is 23.6 Å². The van der Waals surface area contributed by atoms with E-state index in [1.54, 1.807) is 12.1 Å². The lowest BCUT2D eigenvalue weighted by molar-refractivity contribution is -0.121. The molecule has 1 aliphatic heterocycles. The van der Waals surface area contributed by atoms with Gasteiger partial charge in [0.15, 0.2) is 0 Å². The van der Waals surface area contributed by atoms with Crippen molar-refractivity contribution in [2.24, 2.45) is 5.10 Å². The van der Waals surface area contributed by atoms with Crippen LogP contribution in [0.1, 0.15) is 31.4 Å². The van der Waals surface area contributed by atoms with Crippen molar-refractivity contribution < 1.29 is 9.59 Å². The first-order valence-corrected chi connectivity index (χ1v) is 6.36. The van der Waals surface area contributed by atoms with Crippen LogP contribution in [0, 0.1) is 0 Å². The second kappa shape index (κ2) is 5.84. The van der Waals surface area contributed by atoms with Gasteiger partial charge in [0.1, 0.15) is 5.71 Å². The SMILES string of the molecule is CC(NC(=O)C1=NNC(=O)CC1)c1ccc(Cl)cc1. The van der Waals surface area contributed by atoms with Crippen LogP contribution in [-0.4, -0.2) is 17.5 Å². The first-order chi connectivity index (χ1) is 9.06. The number of hydrogen-bond donors (Lipinski definition) is 2. The summed E-state index contributed by atoms with van der Waals surface area (Å²) in [6, 6.07) is 7.12. The van der Waals surface area contributed by atoms with E-state index in [-0.39, 0.29) is 17.9 Å². The van der Waals surface area contributed by atoms with Crippen LogP contribution < -0.4 is 10.7 Å². The van der Waals surface area contributed by atoms with Crippen LogP contribution in [0.3, 0.4) is 0 Å². The van der Waals surface area contributed by atoms with E-state index in [2.05, 4.69) is 15.8 Å². The standard InChI is InChI=1S/C13H14ClN3O2/c1-8(9-2-4-10(14)5-3-9)15-13(19)11-6-7-12(18)17-16-11/h2-5,8H,6-7H2,1H3,(H,15,19)(H,17,18). The molecule has 1 heterocycles. The van der Waals surface area contributed by atoms with Crippen LogP contribution in [0.15, 0.2) is 29.4 Å². The van der Waals surface area contributed by atoms with Gasteiger partial charge in [-0.3, -0.25) is 9.59 Å². The van der Waals surface area contributed by atoms with Crippen LogP contribution >= 0.6 is 11.6 Å². The van der Waals surface area contributed by atoms with E-state index in [0.717, 1.165) is 5.56 Å². The molecule has 0 bridgehead atoms. The smallest absolute Gasteiger partial charge is 0.267 e. The maximum absolute atomic E-state index is 11.9. The lowest BCUT2D eigenvalue weighted by atomic mass is 10.1. The summed E-state index contributed by atoms with van der Waals surface area (Å²) < 4.78 is 0. The Morgan fingerprint density at radius 3 is 2.63 bits per heavy atom. The summed E-state index contributed by atoms with van der Waals surface area (Å²) in [5.41, 5.74) is 3.61. The molecule has 0 radical (unpaired) electrons. The Kier molecular flexibility index (Phi) is 4.16. The molecule has 0 fully saturated rings. The third kappa shape index (κ3) is 3.54. The first kappa shape index (κ1) is 13.5. The van der Waals surface area contributed by atoms with Crippen molar-refractivity contribution in [2.75, 3.05) is 0 Å². The Morgan fingerprint density at radius 2 is 2.05 bits per heavy atom. The van der Waals surface area contributed by atoms with Crippen LogP contribution in [0.5, 0.6) is 0 Å². The fraction of sp³-hybridized carbons (Fsp3) is 0.308. The molecular weight excluding hydrogens is 266 g/mol. The number of carbonyl (C=O) groups excluding carboxylic acids is 2. The Balaban J connectivity index is 1.99. The molecule has 2 rings (SSSR count). The van der Waals surface area contributed by atoms with Crippen molar-refractivity contribution in [3.8, 4) is 0 Å². The lowest BCUT2D eigenvalue weighted by Gasteiger charge is -2.17. The molecule has 0 spiro atoms. The lowest BCUT2D eigenvalue weighted by Crippen LogP contribution is -2.37. The van der Waals surface area contributed by atoms with E-state index < -0.39 is 0 Å². The first-order valence-electron chi connectivity index (χ1n) is 5.98. The third-order valence-electron chi connectivity index (χ3n) is 2.88. The predicted molar refractivity (Wildman–Crippen MR) is 72.8 cm³/mol. The van der Waals surface area contributed by atoms with Gasteiger partial charge in [0.2, 0.25) is 5.91 Å². The number of nitrogens with zero attached hydrogens (tertiary/aromatic N) is 1. The number of amides is 2. The van der Waals surface area contributed by atoms with Crippen molar-refractivity contribution in [2.45, 2.75) is 25.8 Å². The van der Waals surface area contributed by atoms with Gasteiger partial charge in [0.05, 0.1) is 6.04 Å². The molecule has 0 saturated heterocycles. The van der Waals surface area contributed by atoms with Crippen LogP contribution in [-0.2, 0) is 9.59 Å². The molecule has 1 atom stereocenters. The minimum absolute atomic E-state index is 0.148. The number of rotatable bonds is 3. The van der Waals surface area contributed by atoms with Gasteiger partial charge in [0, 0.05) is 17.9 Å². The molecule has 100 valence electrons. The summed E-state index contributed by atoms with van der Waals surface area (Å²) >= 11 is 5.81. The molecule has 5 nitrogen and oxygen atoms in total. The largest absolute Gasteiger partial charge is 0.344 e. The number of benzene rings is 1. The quantitative estimate of drug-likeness (QED) is 0.885. The van der Waals surface area contributed by atoms with E-state index in [9.17, 15) is 9.59 Å². The molecule has 0 aromatic heterocycles. The van der Waals surface area contributed by atoms with E-state index in [4.69, 9.17) is 11.6 Å². The summed E-state index contributed by atoms with van der Waals surface area (Å²) in [7, 11) is 0. The average Bonchev–Trinajstić information content (AvgIpc) is 2.40. The summed E-state index contributed by atoms with van der Waals surface area (Å²) in [5.74, 6) is -0.426. The molecule has 1 aromatic carbocycles. The fourth-order valence-electron chi connectivity index (χ4n) is 1.75. The topological polar surface area (TPSA) is 70.6 Å². The monoisotopic (exact) mass is 279 g/mol. The zero-order valence-electron chi connectivity index (χ0n) is 10.4. The molecule has 1 unspecified atom stereocenters. The van der Waals surface area contributed by atoms with Crippen LogP contribution in [0.2, 0.25) is 5.02 Å². The highest BCUT2D eigenvalue weighted by molar-refractivity contribution is 6.39. The minimum atomic E-state index is -0.262. The average molecular weight is 280 g/mol. The normalized spacial score (nSPS) is 16.3. The molecule has 2 amide bonds. The second-order valence-corrected chi connectivity index (χ2v) is 4.78. The highest BCUT2D eigenvalue weighted by Crippen LogP contribution is 2.16.